The Morgan fingerprint density at radius 1 is 0.698 bits per heavy atom. The van der Waals surface area contributed by atoms with E-state index in [1.165, 1.54) is 0 Å². The van der Waals surface area contributed by atoms with Crippen molar-refractivity contribution in [1.82, 2.24) is 0 Å². The van der Waals surface area contributed by atoms with Crippen LogP contribution in [-0.4, -0.2) is 5.91 Å². The Morgan fingerprint density at radius 2 is 1.42 bits per heavy atom. The first-order valence-electron chi connectivity index (χ1n) is 14.5. The fourth-order valence-corrected chi connectivity index (χ4v) is 7.54. The average molecular weight is 574 g/mol. The highest BCUT2D eigenvalue weighted by molar-refractivity contribution is 6.31. The SMILES string of the molecule is O=C1N(Cc2ccccc2)c2ccc(Cl)cc2C12c1ccccc1-c1oc3c(c(-c4ccccc4)cc4ccccc43)c12. The molecular formula is C39H24ClNO2. The van der Waals surface area contributed by atoms with Gasteiger partial charge in [-0.3, -0.25) is 4.79 Å². The van der Waals surface area contributed by atoms with E-state index < -0.39 is 5.41 Å². The molecule has 9 rings (SSSR count). The van der Waals surface area contributed by atoms with Gasteiger partial charge in [-0.25, -0.2) is 0 Å². The van der Waals surface area contributed by atoms with E-state index in [4.69, 9.17) is 16.0 Å². The Kier molecular flexibility index (Phi) is 5.09. The molecule has 0 saturated heterocycles. The molecule has 1 amide bonds. The summed E-state index contributed by atoms with van der Waals surface area (Å²) < 4.78 is 6.94. The van der Waals surface area contributed by atoms with Crippen LogP contribution in [0.25, 0.3) is 44.2 Å². The van der Waals surface area contributed by atoms with Crippen LogP contribution in [0.15, 0.2) is 138 Å². The van der Waals surface area contributed by atoms with Crippen LogP contribution in [0.4, 0.5) is 5.69 Å². The molecule has 1 atom stereocenters. The van der Waals surface area contributed by atoms with E-state index in [0.29, 0.717) is 11.6 Å². The lowest BCUT2D eigenvalue weighted by Gasteiger charge is -2.27. The third-order valence-corrected chi connectivity index (χ3v) is 9.36. The summed E-state index contributed by atoms with van der Waals surface area (Å²) in [5.74, 6) is 0.759. The number of nitrogens with zero attached hydrogens (tertiary/aromatic N) is 1. The number of amides is 1. The van der Waals surface area contributed by atoms with Gasteiger partial charge in [0.15, 0.2) is 0 Å². The van der Waals surface area contributed by atoms with Gasteiger partial charge in [0.05, 0.1) is 6.54 Å². The van der Waals surface area contributed by atoms with Crippen molar-refractivity contribution < 1.29 is 9.21 Å². The molecule has 1 aliphatic carbocycles. The number of carbonyl (C=O) groups excluding carboxylic acids is 1. The van der Waals surface area contributed by atoms with Crippen LogP contribution in [0.3, 0.4) is 0 Å². The molecule has 0 fully saturated rings. The van der Waals surface area contributed by atoms with Gasteiger partial charge >= 0.3 is 0 Å². The molecule has 2 aliphatic rings. The molecule has 0 saturated carbocycles. The van der Waals surface area contributed by atoms with Crippen molar-refractivity contribution in [3.63, 3.8) is 0 Å². The number of carbonyl (C=O) groups is 1. The number of furan rings is 1. The number of hydrogen-bond donors (Lipinski definition) is 0. The van der Waals surface area contributed by atoms with Gasteiger partial charge in [-0.1, -0.05) is 121 Å². The van der Waals surface area contributed by atoms with E-state index in [0.717, 1.165) is 72.1 Å². The number of anilines is 1. The second-order valence-corrected chi connectivity index (χ2v) is 11.8. The van der Waals surface area contributed by atoms with Crippen molar-refractivity contribution in [2.75, 3.05) is 4.90 Å². The van der Waals surface area contributed by atoms with Crippen molar-refractivity contribution in [3.05, 3.63) is 161 Å². The van der Waals surface area contributed by atoms with Gasteiger partial charge in [0, 0.05) is 38.2 Å². The normalized spacial score (nSPS) is 16.7. The first-order valence-corrected chi connectivity index (χ1v) is 14.8. The Bertz CT molecular complexity index is 2250. The smallest absolute Gasteiger partial charge is 0.247 e. The molecule has 1 aliphatic heterocycles. The van der Waals surface area contributed by atoms with Crippen LogP contribution in [0.2, 0.25) is 5.02 Å². The van der Waals surface area contributed by atoms with E-state index in [2.05, 4.69) is 72.8 Å². The standard InChI is InChI=1S/C39H24ClNO2/c40-27-19-20-33-32(22-27)39(38(42)41(33)23-24-11-3-1-4-12-24)31-18-10-9-17-29(31)37-35(39)34-30(25-13-5-2-6-14-25)21-26-15-7-8-16-28(26)36(34)43-37/h1-22H,23H2. The third kappa shape index (κ3) is 3.23. The summed E-state index contributed by atoms with van der Waals surface area (Å²) >= 11 is 6.74. The van der Waals surface area contributed by atoms with Crippen molar-refractivity contribution in [2.45, 2.75) is 12.0 Å². The summed E-state index contributed by atoms with van der Waals surface area (Å²) in [6.07, 6.45) is 0. The molecule has 1 aromatic heterocycles. The first kappa shape index (κ1) is 24.5. The van der Waals surface area contributed by atoms with Gasteiger partial charge < -0.3 is 9.32 Å². The predicted molar refractivity (Wildman–Crippen MR) is 174 cm³/mol. The van der Waals surface area contributed by atoms with Crippen LogP contribution < -0.4 is 4.90 Å². The molecule has 4 heteroatoms. The minimum atomic E-state index is -1.11. The number of rotatable bonds is 3. The second kappa shape index (κ2) is 8.94. The van der Waals surface area contributed by atoms with Crippen LogP contribution in [0.1, 0.15) is 22.3 Å². The van der Waals surface area contributed by atoms with Gasteiger partial charge in [-0.15, -0.1) is 0 Å². The van der Waals surface area contributed by atoms with Gasteiger partial charge in [0.25, 0.3) is 0 Å². The minimum absolute atomic E-state index is 0.00897. The lowest BCUT2D eigenvalue weighted by molar-refractivity contribution is -0.120. The molecular weight excluding hydrogens is 550 g/mol. The lowest BCUT2D eigenvalue weighted by Crippen LogP contribution is -2.40. The van der Waals surface area contributed by atoms with Crippen molar-refractivity contribution in [3.8, 4) is 22.5 Å². The van der Waals surface area contributed by atoms with Gasteiger partial charge in [0.2, 0.25) is 5.91 Å². The van der Waals surface area contributed by atoms with E-state index in [1.54, 1.807) is 0 Å². The highest BCUT2D eigenvalue weighted by Gasteiger charge is 2.60. The number of halogens is 1. The van der Waals surface area contributed by atoms with Crippen molar-refractivity contribution in [2.24, 2.45) is 0 Å². The fraction of sp³-hybridized carbons (Fsp3) is 0.0513. The van der Waals surface area contributed by atoms with Crippen molar-refractivity contribution >= 4 is 44.9 Å². The zero-order chi connectivity index (χ0) is 28.7. The third-order valence-electron chi connectivity index (χ3n) is 9.12. The van der Waals surface area contributed by atoms with E-state index in [1.807, 2.05) is 65.6 Å². The molecule has 0 radical (unpaired) electrons. The summed E-state index contributed by atoms with van der Waals surface area (Å²) in [7, 11) is 0. The average Bonchev–Trinajstić information content (AvgIpc) is 3.66. The molecule has 0 N–H and O–H groups in total. The fourth-order valence-electron chi connectivity index (χ4n) is 7.37. The molecule has 1 unspecified atom stereocenters. The van der Waals surface area contributed by atoms with E-state index in [-0.39, 0.29) is 5.91 Å². The predicted octanol–water partition coefficient (Wildman–Crippen LogP) is 9.77. The van der Waals surface area contributed by atoms with Gasteiger partial charge in [-0.2, -0.15) is 0 Å². The summed E-state index contributed by atoms with van der Waals surface area (Å²) in [4.78, 5) is 17.2. The van der Waals surface area contributed by atoms with Gasteiger partial charge in [-0.05, 0) is 51.9 Å². The van der Waals surface area contributed by atoms with E-state index >= 15 is 4.79 Å². The Balaban J connectivity index is 1.44. The highest BCUT2D eigenvalue weighted by atomic mass is 35.5. The van der Waals surface area contributed by atoms with E-state index in [9.17, 15) is 0 Å². The number of benzene rings is 6. The summed E-state index contributed by atoms with van der Waals surface area (Å²) in [5.41, 5.74) is 7.41. The molecule has 7 aromatic rings. The monoisotopic (exact) mass is 573 g/mol. The summed E-state index contributed by atoms with van der Waals surface area (Å²) in [6.45, 7) is 0.456. The number of hydrogen-bond acceptors (Lipinski definition) is 2. The maximum atomic E-state index is 15.3. The maximum absolute atomic E-state index is 15.3. The zero-order valence-corrected chi connectivity index (χ0v) is 23.8. The molecule has 6 aromatic carbocycles. The lowest BCUT2D eigenvalue weighted by atomic mass is 9.72. The molecule has 3 nitrogen and oxygen atoms in total. The summed E-state index contributed by atoms with van der Waals surface area (Å²) in [5, 5.41) is 3.68. The van der Waals surface area contributed by atoms with Crippen LogP contribution in [0, 0.1) is 0 Å². The molecule has 2 heterocycles. The minimum Gasteiger partial charge on any atom is -0.455 e. The van der Waals surface area contributed by atoms with Crippen LogP contribution in [0.5, 0.6) is 0 Å². The topological polar surface area (TPSA) is 33.5 Å². The largest absolute Gasteiger partial charge is 0.455 e. The molecule has 1 spiro atoms. The quantitative estimate of drug-likeness (QED) is 0.211. The summed E-state index contributed by atoms with van der Waals surface area (Å²) in [6, 6.07) is 45.1. The Labute approximate surface area is 253 Å². The molecule has 43 heavy (non-hydrogen) atoms. The number of fused-ring (bicyclic) bond motifs is 11. The zero-order valence-electron chi connectivity index (χ0n) is 23.1. The Morgan fingerprint density at radius 3 is 2.26 bits per heavy atom. The van der Waals surface area contributed by atoms with Gasteiger partial charge in [0.1, 0.15) is 16.8 Å². The van der Waals surface area contributed by atoms with Crippen molar-refractivity contribution in [1.29, 1.82) is 0 Å². The first-order chi connectivity index (χ1) is 21.2. The van der Waals surface area contributed by atoms with Crippen LogP contribution >= 0.6 is 11.6 Å². The molecule has 204 valence electrons. The Hall–Kier alpha value is -5.12. The maximum Gasteiger partial charge on any atom is 0.247 e. The molecule has 0 bridgehead atoms. The highest BCUT2D eigenvalue weighted by Crippen LogP contribution is 2.63. The second-order valence-electron chi connectivity index (χ2n) is 11.4. The van der Waals surface area contributed by atoms with Crippen LogP contribution in [-0.2, 0) is 16.8 Å².